The van der Waals surface area contributed by atoms with Crippen molar-refractivity contribution >= 4 is 17.9 Å². The van der Waals surface area contributed by atoms with Crippen LogP contribution >= 0.6 is 0 Å². The third-order valence-electron chi connectivity index (χ3n) is 7.68. The highest BCUT2D eigenvalue weighted by atomic mass is 16.8. The zero-order valence-electron chi connectivity index (χ0n) is 26.5. The second-order valence-electron chi connectivity index (χ2n) is 12.1. The van der Waals surface area contributed by atoms with Crippen LogP contribution in [-0.2, 0) is 42.8 Å². The fourth-order valence-corrected chi connectivity index (χ4v) is 4.88. The standard InChI is InChI=1S/C30H52O14/c1-6-7-8-9-10-11-12-13-21(33)39-15-20-24(41-27(37)17(2)3)25(42-28(38)18(4)5)23(35)29(40-20)44-30(16-32)26(36)22(34)19(14-31)43-30/h17-20,22-26,29,31-32,34-36H,6-16H2,1-5H3. The molecule has 9 atom stereocenters. The topological polar surface area (TPSA) is 208 Å². The third kappa shape index (κ3) is 10.3. The van der Waals surface area contributed by atoms with Gasteiger partial charge in [0.15, 0.2) is 18.5 Å². The molecule has 14 nitrogen and oxygen atoms in total. The van der Waals surface area contributed by atoms with Crippen LogP contribution < -0.4 is 0 Å². The molecule has 0 aromatic rings. The van der Waals surface area contributed by atoms with Gasteiger partial charge >= 0.3 is 17.9 Å². The zero-order chi connectivity index (χ0) is 33.0. The Morgan fingerprint density at radius 3 is 1.89 bits per heavy atom. The summed E-state index contributed by atoms with van der Waals surface area (Å²) >= 11 is 0. The Labute approximate surface area is 258 Å². The molecular formula is C30H52O14. The monoisotopic (exact) mass is 636 g/mol. The minimum atomic E-state index is -2.36. The van der Waals surface area contributed by atoms with Gasteiger partial charge in [-0.2, -0.15) is 0 Å². The lowest BCUT2D eigenvalue weighted by atomic mass is 9.97. The van der Waals surface area contributed by atoms with Crippen LogP contribution in [0.1, 0.15) is 86.0 Å². The molecule has 2 aliphatic rings. The number of carbonyl (C=O) groups is 3. The molecule has 0 bridgehead atoms. The van der Waals surface area contributed by atoms with E-state index >= 15 is 0 Å². The minimum absolute atomic E-state index is 0.138. The summed E-state index contributed by atoms with van der Waals surface area (Å²) in [5.41, 5.74) is 0. The molecule has 44 heavy (non-hydrogen) atoms. The second kappa shape index (κ2) is 18.3. The van der Waals surface area contributed by atoms with Gasteiger partial charge in [-0.3, -0.25) is 14.4 Å². The number of unbranched alkanes of at least 4 members (excludes halogenated alkanes) is 6. The Balaban J connectivity index is 2.28. The quantitative estimate of drug-likeness (QED) is 0.0798. The van der Waals surface area contributed by atoms with Crippen LogP contribution in [0.5, 0.6) is 0 Å². The summed E-state index contributed by atoms with van der Waals surface area (Å²) < 4.78 is 33.6. The molecule has 0 aromatic carbocycles. The smallest absolute Gasteiger partial charge is 0.308 e. The fourth-order valence-electron chi connectivity index (χ4n) is 4.88. The van der Waals surface area contributed by atoms with E-state index in [4.69, 9.17) is 28.4 Å². The second-order valence-corrected chi connectivity index (χ2v) is 12.1. The summed E-state index contributed by atoms with van der Waals surface area (Å²) in [6.45, 7) is 6.16. The zero-order valence-corrected chi connectivity index (χ0v) is 26.5. The van der Waals surface area contributed by atoms with E-state index in [9.17, 15) is 39.9 Å². The Kier molecular flexibility index (Phi) is 15.9. The Morgan fingerprint density at radius 2 is 1.36 bits per heavy atom. The van der Waals surface area contributed by atoms with E-state index < -0.39 is 104 Å². The molecule has 2 heterocycles. The molecule has 0 saturated carbocycles. The number of aliphatic hydroxyl groups excluding tert-OH is 5. The van der Waals surface area contributed by atoms with Gasteiger partial charge in [0.1, 0.15) is 43.7 Å². The third-order valence-corrected chi connectivity index (χ3v) is 7.68. The van der Waals surface area contributed by atoms with E-state index in [0.29, 0.717) is 6.42 Å². The molecule has 0 spiro atoms. The Bertz CT molecular complexity index is 897. The van der Waals surface area contributed by atoms with Crippen molar-refractivity contribution in [2.24, 2.45) is 11.8 Å². The average Bonchev–Trinajstić information content (AvgIpc) is 3.23. The van der Waals surface area contributed by atoms with E-state index in [0.717, 1.165) is 32.1 Å². The molecule has 0 aromatic heterocycles. The van der Waals surface area contributed by atoms with Gasteiger partial charge in [0, 0.05) is 6.42 Å². The molecule has 5 N–H and O–H groups in total. The molecule has 256 valence electrons. The van der Waals surface area contributed by atoms with Crippen molar-refractivity contribution in [2.45, 2.75) is 141 Å². The summed E-state index contributed by atoms with van der Waals surface area (Å²) in [7, 11) is 0. The highest BCUT2D eigenvalue weighted by Crippen LogP contribution is 2.37. The minimum Gasteiger partial charge on any atom is -0.463 e. The molecule has 2 fully saturated rings. The molecule has 2 aliphatic heterocycles. The maximum Gasteiger partial charge on any atom is 0.308 e. The summed E-state index contributed by atoms with van der Waals surface area (Å²) in [5, 5.41) is 51.8. The van der Waals surface area contributed by atoms with Gasteiger partial charge in [-0.1, -0.05) is 73.1 Å². The summed E-state index contributed by atoms with van der Waals surface area (Å²) in [4.78, 5) is 37.9. The molecule has 2 rings (SSSR count). The molecule has 14 heteroatoms. The van der Waals surface area contributed by atoms with Gasteiger partial charge in [0.25, 0.3) is 0 Å². The summed E-state index contributed by atoms with van der Waals surface area (Å²) in [6.07, 6.45) is -5.77. The predicted molar refractivity (Wildman–Crippen MR) is 153 cm³/mol. The van der Waals surface area contributed by atoms with Crippen LogP contribution in [0.2, 0.25) is 0 Å². The number of esters is 3. The molecule has 0 amide bonds. The highest BCUT2D eigenvalue weighted by molar-refractivity contribution is 5.73. The van der Waals surface area contributed by atoms with Crippen molar-refractivity contribution in [2.75, 3.05) is 19.8 Å². The van der Waals surface area contributed by atoms with E-state index in [1.54, 1.807) is 27.7 Å². The van der Waals surface area contributed by atoms with E-state index in [1.807, 2.05) is 0 Å². The molecular weight excluding hydrogens is 584 g/mol. The average molecular weight is 637 g/mol. The van der Waals surface area contributed by atoms with Gasteiger partial charge in [-0.05, 0) is 6.42 Å². The first kappa shape index (κ1) is 38.3. The Morgan fingerprint density at radius 1 is 0.795 bits per heavy atom. The molecule has 0 radical (unpaired) electrons. The first-order chi connectivity index (χ1) is 20.8. The first-order valence-electron chi connectivity index (χ1n) is 15.6. The normalized spacial score (nSPS) is 32.2. The Hall–Kier alpha value is -1.91. The van der Waals surface area contributed by atoms with Crippen LogP contribution in [0.25, 0.3) is 0 Å². The number of aliphatic hydroxyl groups is 5. The van der Waals surface area contributed by atoms with Crippen LogP contribution in [0.15, 0.2) is 0 Å². The summed E-state index contributed by atoms with van der Waals surface area (Å²) in [6, 6.07) is 0. The number of carbonyl (C=O) groups excluding carboxylic acids is 3. The van der Waals surface area contributed by atoms with E-state index in [1.165, 1.54) is 6.42 Å². The SMILES string of the molecule is CCCCCCCCCC(=O)OCC1OC(OC2(CO)OC(CO)C(O)C2O)C(O)C(OC(=O)C(C)C)C1OC(=O)C(C)C. The molecule has 9 unspecified atom stereocenters. The maximum absolute atomic E-state index is 12.7. The van der Waals surface area contributed by atoms with E-state index in [2.05, 4.69) is 6.92 Å². The van der Waals surface area contributed by atoms with Crippen LogP contribution in [-0.4, -0.2) is 118 Å². The number of hydrogen-bond donors (Lipinski definition) is 5. The lowest BCUT2D eigenvalue weighted by Crippen LogP contribution is -2.64. The van der Waals surface area contributed by atoms with Crippen molar-refractivity contribution in [3.8, 4) is 0 Å². The van der Waals surface area contributed by atoms with Crippen LogP contribution in [0, 0.1) is 11.8 Å². The van der Waals surface area contributed by atoms with Gasteiger partial charge in [0.2, 0.25) is 5.79 Å². The molecule has 2 saturated heterocycles. The van der Waals surface area contributed by atoms with Crippen LogP contribution in [0.3, 0.4) is 0 Å². The summed E-state index contributed by atoms with van der Waals surface area (Å²) in [5.74, 6) is -5.60. The maximum atomic E-state index is 12.7. The van der Waals surface area contributed by atoms with Crippen LogP contribution in [0.4, 0.5) is 0 Å². The number of rotatable bonds is 18. The predicted octanol–water partition coefficient (Wildman–Crippen LogP) is 0.710. The first-order valence-corrected chi connectivity index (χ1v) is 15.6. The van der Waals surface area contributed by atoms with Gasteiger partial charge < -0.3 is 54.0 Å². The van der Waals surface area contributed by atoms with Crippen molar-refractivity contribution in [1.29, 1.82) is 0 Å². The number of hydrogen-bond acceptors (Lipinski definition) is 14. The van der Waals surface area contributed by atoms with Crippen molar-refractivity contribution in [3.63, 3.8) is 0 Å². The fraction of sp³-hybridized carbons (Fsp3) is 0.900. The van der Waals surface area contributed by atoms with Gasteiger partial charge in [-0.25, -0.2) is 0 Å². The van der Waals surface area contributed by atoms with Crippen molar-refractivity contribution in [1.82, 2.24) is 0 Å². The largest absolute Gasteiger partial charge is 0.463 e. The lowest BCUT2D eigenvalue weighted by Gasteiger charge is -2.45. The number of ether oxygens (including phenoxy) is 6. The van der Waals surface area contributed by atoms with E-state index in [-0.39, 0.29) is 6.42 Å². The lowest BCUT2D eigenvalue weighted by molar-refractivity contribution is -0.384. The highest BCUT2D eigenvalue weighted by Gasteiger charge is 2.59. The van der Waals surface area contributed by atoms with Gasteiger partial charge in [-0.15, -0.1) is 0 Å². The van der Waals surface area contributed by atoms with Crippen molar-refractivity contribution in [3.05, 3.63) is 0 Å². The molecule has 0 aliphatic carbocycles. The van der Waals surface area contributed by atoms with Gasteiger partial charge in [0.05, 0.1) is 18.4 Å². The van der Waals surface area contributed by atoms with Crippen molar-refractivity contribution < 1.29 is 68.3 Å².